The van der Waals surface area contributed by atoms with E-state index < -0.39 is 12.9 Å². The molecule has 1 aliphatic heterocycles. The molecule has 1 heterocycles. The molecule has 0 amide bonds. The number of hydrogen-bond acceptors (Lipinski definition) is 2. The van der Waals surface area contributed by atoms with Gasteiger partial charge in [-0.05, 0) is 119 Å². The van der Waals surface area contributed by atoms with E-state index in [9.17, 15) is 4.89 Å². The molecule has 5 aliphatic rings. The summed E-state index contributed by atoms with van der Waals surface area (Å²) in [6, 6.07) is 42.0. The summed E-state index contributed by atoms with van der Waals surface area (Å²) in [6.07, 6.45) is 23.4. The Hall–Kier alpha value is -5.27. The second kappa shape index (κ2) is 12.4. The number of fused-ring (bicyclic) bond motifs is 8. The Morgan fingerprint density at radius 3 is 1.92 bits per heavy atom. The summed E-state index contributed by atoms with van der Waals surface area (Å²) in [5.41, 5.74) is 12.1. The van der Waals surface area contributed by atoms with Gasteiger partial charge in [-0.25, -0.2) is 4.89 Å². The second-order valence-electron chi connectivity index (χ2n) is 14.5. The van der Waals surface area contributed by atoms with Crippen LogP contribution in [0.4, 0.5) is 0 Å². The Balaban J connectivity index is 1.10. The van der Waals surface area contributed by atoms with Crippen LogP contribution in [0.15, 0.2) is 180 Å². The molecule has 0 saturated carbocycles. The summed E-state index contributed by atoms with van der Waals surface area (Å²) < 4.78 is 6.71. The molecule has 1 N–H and O–H groups in total. The van der Waals surface area contributed by atoms with E-state index in [1.54, 1.807) is 0 Å². The van der Waals surface area contributed by atoms with Crippen LogP contribution in [0.5, 0.6) is 11.5 Å². The number of allylic oxidation sites excluding steroid dienone is 12. The molecule has 4 aliphatic carbocycles. The Morgan fingerprint density at radius 1 is 0.538 bits per heavy atom. The lowest BCUT2D eigenvalue weighted by atomic mass is 9.64. The molecule has 2 nitrogen and oxygen atoms in total. The zero-order chi connectivity index (χ0) is 34.7. The Bertz CT molecular complexity index is 2440. The van der Waals surface area contributed by atoms with Crippen LogP contribution in [0.1, 0.15) is 60.8 Å². The highest BCUT2D eigenvalue weighted by Gasteiger charge is 2.52. The number of benzene rings is 5. The fourth-order valence-corrected chi connectivity index (χ4v) is 12.5. The van der Waals surface area contributed by atoms with Gasteiger partial charge in [0.2, 0.25) is 7.49 Å². The van der Waals surface area contributed by atoms with Gasteiger partial charge in [-0.2, -0.15) is 0 Å². The van der Waals surface area contributed by atoms with Crippen LogP contribution in [0.25, 0.3) is 27.8 Å². The number of hydrogen-bond donors (Lipinski definition) is 1. The van der Waals surface area contributed by atoms with Gasteiger partial charge in [0.25, 0.3) is 0 Å². The molecule has 1 unspecified atom stereocenters. The SMILES string of the molecule is O[P+](C1=CC=CCC1)(C1=CC=CCC1)c1cccc(-c2cccc(-c3ccc4c(c3)C3(C5=C(C=CCC5)c5ccccc53)c3ccccc3O4)c2)c1. The minimum absolute atomic E-state index is 0.414. The van der Waals surface area contributed by atoms with Crippen LogP contribution in [0.3, 0.4) is 0 Å². The smallest absolute Gasteiger partial charge is 0.230 e. The first kappa shape index (κ1) is 31.5. The Labute approximate surface area is 307 Å². The summed E-state index contributed by atoms with van der Waals surface area (Å²) in [6.45, 7) is 0. The molecule has 0 bridgehead atoms. The van der Waals surface area contributed by atoms with Crippen LogP contribution in [-0.4, -0.2) is 4.89 Å². The van der Waals surface area contributed by atoms with Crippen molar-refractivity contribution >= 4 is 18.4 Å². The molecule has 0 radical (unpaired) electrons. The molecule has 5 aromatic rings. The molecule has 0 aromatic heterocycles. The predicted octanol–water partition coefficient (Wildman–Crippen LogP) is 12.6. The van der Waals surface area contributed by atoms with Gasteiger partial charge in [-0.15, -0.1) is 0 Å². The van der Waals surface area contributed by atoms with Crippen molar-refractivity contribution in [1.29, 1.82) is 0 Å². The van der Waals surface area contributed by atoms with Crippen molar-refractivity contribution in [2.45, 2.75) is 43.9 Å². The summed E-state index contributed by atoms with van der Waals surface area (Å²) in [4.78, 5) is 12.8. The third-order valence-corrected chi connectivity index (χ3v) is 15.1. The Kier molecular flexibility index (Phi) is 7.53. The first-order valence-electron chi connectivity index (χ1n) is 18.6. The van der Waals surface area contributed by atoms with E-state index in [4.69, 9.17) is 4.74 Å². The van der Waals surface area contributed by atoms with E-state index in [0.29, 0.717) is 0 Å². The highest BCUT2D eigenvalue weighted by Crippen LogP contribution is 2.70. The van der Waals surface area contributed by atoms with E-state index >= 15 is 0 Å². The van der Waals surface area contributed by atoms with Crippen molar-refractivity contribution in [3.8, 4) is 33.8 Å². The highest BCUT2D eigenvalue weighted by molar-refractivity contribution is 7.85. The first-order chi connectivity index (χ1) is 25.7. The van der Waals surface area contributed by atoms with E-state index in [1.807, 2.05) is 0 Å². The lowest BCUT2D eigenvalue weighted by Crippen LogP contribution is -2.33. The van der Waals surface area contributed by atoms with Crippen LogP contribution in [-0.2, 0) is 5.41 Å². The average Bonchev–Trinajstić information content (AvgIpc) is 3.52. The quantitative estimate of drug-likeness (QED) is 0.186. The van der Waals surface area contributed by atoms with Gasteiger partial charge >= 0.3 is 0 Å². The first-order valence-corrected chi connectivity index (χ1v) is 20.4. The fraction of sp³-hybridized carbons (Fsp3) is 0.143. The summed E-state index contributed by atoms with van der Waals surface area (Å²) in [7, 11) is -2.69. The van der Waals surface area contributed by atoms with Gasteiger partial charge < -0.3 is 4.74 Å². The van der Waals surface area contributed by atoms with Gasteiger partial charge in [-0.1, -0.05) is 115 Å². The van der Waals surface area contributed by atoms with Crippen LogP contribution in [0.2, 0.25) is 0 Å². The highest BCUT2D eigenvalue weighted by atomic mass is 31.2. The molecular weight excluding hydrogens is 652 g/mol. The van der Waals surface area contributed by atoms with E-state index in [-0.39, 0.29) is 0 Å². The number of ether oxygens (including phenoxy) is 1. The topological polar surface area (TPSA) is 29.5 Å². The minimum atomic E-state index is -2.69. The molecule has 3 heteroatoms. The normalized spacial score (nSPS) is 19.7. The van der Waals surface area contributed by atoms with Crippen molar-refractivity contribution in [3.05, 3.63) is 202 Å². The maximum Gasteiger partial charge on any atom is 0.230 e. The fourth-order valence-electron chi connectivity index (χ4n) is 9.35. The molecule has 1 atom stereocenters. The zero-order valence-electron chi connectivity index (χ0n) is 29.1. The molecule has 1 spiro atoms. The van der Waals surface area contributed by atoms with Gasteiger partial charge in [0.15, 0.2) is 0 Å². The maximum absolute atomic E-state index is 12.8. The standard InChI is InChI=1S/C49H40O2P/c50-52(38-18-3-1-4-19-38,39-20-5-2-6-21-39)40-22-14-17-36(32-40)34-15-13-16-35(31-34)37-29-30-48-46(33-37)49(45-27-11-12-28-47(45)51-48)43-25-9-7-23-41(43)42-24-8-10-26-44(42)49/h1-3,5,7-9,11-18,20,22-25,27-33,50H,4,6,10,19,21,26H2/q+1. The second-order valence-corrected chi connectivity index (χ2v) is 17.4. The van der Waals surface area contributed by atoms with Crippen molar-refractivity contribution in [2.75, 3.05) is 0 Å². The average molecular weight is 692 g/mol. The largest absolute Gasteiger partial charge is 0.457 e. The number of rotatable bonds is 5. The van der Waals surface area contributed by atoms with E-state index in [2.05, 4.69) is 164 Å². The van der Waals surface area contributed by atoms with Crippen molar-refractivity contribution in [2.24, 2.45) is 0 Å². The molecule has 5 aromatic carbocycles. The van der Waals surface area contributed by atoms with Gasteiger partial charge in [0.1, 0.15) is 27.4 Å². The maximum atomic E-state index is 12.8. The lowest BCUT2D eigenvalue weighted by molar-refractivity contribution is 0.432. The van der Waals surface area contributed by atoms with Crippen LogP contribution < -0.4 is 10.0 Å². The molecule has 10 rings (SSSR count). The molecule has 252 valence electrons. The molecule has 52 heavy (non-hydrogen) atoms. The summed E-state index contributed by atoms with van der Waals surface area (Å²) in [5, 5.41) is 3.39. The molecular formula is C49H40O2P+. The zero-order valence-corrected chi connectivity index (χ0v) is 30.0. The summed E-state index contributed by atoms with van der Waals surface area (Å²) >= 11 is 0. The van der Waals surface area contributed by atoms with Crippen molar-refractivity contribution in [1.82, 2.24) is 0 Å². The van der Waals surface area contributed by atoms with Gasteiger partial charge in [0.05, 0.1) is 5.41 Å². The predicted molar refractivity (Wildman–Crippen MR) is 217 cm³/mol. The minimum Gasteiger partial charge on any atom is -0.457 e. The van der Waals surface area contributed by atoms with Crippen molar-refractivity contribution in [3.63, 3.8) is 0 Å². The van der Waals surface area contributed by atoms with Gasteiger partial charge in [-0.3, -0.25) is 0 Å². The monoisotopic (exact) mass is 691 g/mol. The van der Waals surface area contributed by atoms with Crippen molar-refractivity contribution < 1.29 is 9.63 Å². The third-order valence-electron chi connectivity index (χ3n) is 11.7. The number of para-hydroxylation sites is 1. The lowest BCUT2D eigenvalue weighted by Gasteiger charge is -2.41. The summed E-state index contributed by atoms with van der Waals surface area (Å²) in [5.74, 6) is 1.86. The molecule has 0 saturated heterocycles. The molecule has 0 fully saturated rings. The van der Waals surface area contributed by atoms with E-state index in [0.717, 1.165) is 72.0 Å². The van der Waals surface area contributed by atoms with E-state index in [1.165, 1.54) is 49.6 Å². The van der Waals surface area contributed by atoms with Crippen LogP contribution in [0, 0.1) is 0 Å². The van der Waals surface area contributed by atoms with Gasteiger partial charge in [0, 0.05) is 24.0 Å². The van der Waals surface area contributed by atoms with Crippen LogP contribution >= 0.6 is 7.49 Å². The Morgan fingerprint density at radius 2 is 1.17 bits per heavy atom. The third kappa shape index (κ3) is 4.71.